The second kappa shape index (κ2) is 7.12. The molecule has 0 saturated heterocycles. The van der Waals surface area contributed by atoms with Crippen molar-refractivity contribution < 1.29 is 9.90 Å². The topological polar surface area (TPSA) is 67.5 Å². The summed E-state index contributed by atoms with van der Waals surface area (Å²) in [6.07, 6.45) is 1.42. The van der Waals surface area contributed by atoms with Crippen molar-refractivity contribution in [2.75, 3.05) is 0 Å². The molecule has 1 aliphatic heterocycles. The van der Waals surface area contributed by atoms with Gasteiger partial charge in [-0.25, -0.2) is 4.79 Å². The van der Waals surface area contributed by atoms with E-state index in [1.54, 1.807) is 6.07 Å². The molecule has 4 rings (SSSR count). The smallest absolute Gasteiger partial charge is 0.331 e. The van der Waals surface area contributed by atoms with Crippen molar-refractivity contribution in [1.82, 2.24) is 14.0 Å². The van der Waals surface area contributed by atoms with Crippen LogP contribution in [0.25, 0.3) is 11.1 Å². The molecule has 0 unspecified atom stereocenters. The van der Waals surface area contributed by atoms with E-state index in [9.17, 15) is 14.7 Å². The average Bonchev–Trinajstić information content (AvgIpc) is 3.13. The van der Waals surface area contributed by atoms with Crippen LogP contribution in [0.3, 0.4) is 0 Å². The summed E-state index contributed by atoms with van der Waals surface area (Å²) in [6.45, 7) is 4.96. The fourth-order valence-electron chi connectivity index (χ4n) is 3.67. The maximum atomic E-state index is 12.5. The minimum absolute atomic E-state index is 0.0235. The second-order valence-corrected chi connectivity index (χ2v) is 8.08. The Kier molecular flexibility index (Phi) is 4.74. The van der Waals surface area contributed by atoms with Gasteiger partial charge in [0.2, 0.25) is 5.88 Å². The van der Waals surface area contributed by atoms with Gasteiger partial charge in [0.15, 0.2) is 0 Å². The van der Waals surface area contributed by atoms with E-state index in [1.165, 1.54) is 22.4 Å². The van der Waals surface area contributed by atoms with Gasteiger partial charge in [0.1, 0.15) is 0 Å². The van der Waals surface area contributed by atoms with E-state index in [2.05, 4.69) is 0 Å². The molecule has 0 fully saturated rings. The van der Waals surface area contributed by atoms with Gasteiger partial charge in [0.05, 0.1) is 12.7 Å². The molecule has 150 valence electrons. The molecule has 1 aromatic heterocycles. The SMILES string of the molecule is CC(C)N1Cc2cc(-c3ccc(Cn4cc(O)n(C)c4=O)cc3)c(Cl)cc2C1=O. The van der Waals surface area contributed by atoms with E-state index in [4.69, 9.17) is 11.6 Å². The van der Waals surface area contributed by atoms with Crippen LogP contribution < -0.4 is 5.69 Å². The number of aromatic nitrogens is 2. The Hall–Kier alpha value is -2.99. The van der Waals surface area contributed by atoms with Crippen LogP contribution in [-0.2, 0) is 20.1 Å². The zero-order valence-electron chi connectivity index (χ0n) is 16.5. The number of carbonyl (C=O) groups excluding carboxylic acids is 1. The number of imidazole rings is 1. The Labute approximate surface area is 173 Å². The number of benzene rings is 2. The van der Waals surface area contributed by atoms with E-state index in [-0.39, 0.29) is 23.5 Å². The molecule has 0 aliphatic carbocycles. The number of rotatable bonds is 4. The molecular weight excluding hydrogens is 390 g/mol. The molecule has 3 aromatic rings. The number of carbonyl (C=O) groups is 1. The zero-order valence-corrected chi connectivity index (χ0v) is 17.3. The molecule has 0 radical (unpaired) electrons. The van der Waals surface area contributed by atoms with E-state index in [0.29, 0.717) is 23.7 Å². The van der Waals surface area contributed by atoms with Crippen molar-refractivity contribution >= 4 is 17.5 Å². The third kappa shape index (κ3) is 3.34. The maximum Gasteiger partial charge on any atom is 0.331 e. The van der Waals surface area contributed by atoms with Gasteiger partial charge in [0, 0.05) is 35.8 Å². The summed E-state index contributed by atoms with van der Waals surface area (Å²) < 4.78 is 2.65. The van der Waals surface area contributed by atoms with Crippen molar-refractivity contribution in [1.29, 1.82) is 0 Å². The number of aromatic hydroxyl groups is 1. The quantitative estimate of drug-likeness (QED) is 0.712. The van der Waals surface area contributed by atoms with Gasteiger partial charge in [-0.2, -0.15) is 0 Å². The molecule has 1 N–H and O–H groups in total. The monoisotopic (exact) mass is 411 g/mol. The van der Waals surface area contributed by atoms with Crippen LogP contribution in [0, 0.1) is 0 Å². The van der Waals surface area contributed by atoms with Crippen LogP contribution in [0.5, 0.6) is 5.88 Å². The van der Waals surface area contributed by atoms with Crippen LogP contribution in [0.15, 0.2) is 47.4 Å². The molecule has 29 heavy (non-hydrogen) atoms. The standard InChI is InChI=1S/C22H22ClN3O3/c1-13(2)26-11-16-8-17(19(23)9-18(16)21(26)28)15-6-4-14(5-7-15)10-25-12-20(27)24(3)22(25)29/h4-9,12-13,27H,10-11H2,1-3H3. The van der Waals surface area contributed by atoms with Gasteiger partial charge in [-0.3, -0.25) is 13.9 Å². The van der Waals surface area contributed by atoms with Gasteiger partial charge < -0.3 is 10.0 Å². The fraction of sp³-hybridized carbons (Fsp3) is 0.273. The first kappa shape index (κ1) is 19.3. The minimum atomic E-state index is -0.271. The molecule has 6 nitrogen and oxygen atoms in total. The summed E-state index contributed by atoms with van der Waals surface area (Å²) in [6, 6.07) is 11.7. The number of nitrogens with zero attached hydrogens (tertiary/aromatic N) is 3. The Morgan fingerprint density at radius 3 is 2.38 bits per heavy atom. The highest BCUT2D eigenvalue weighted by Gasteiger charge is 2.30. The van der Waals surface area contributed by atoms with Crippen LogP contribution in [0.4, 0.5) is 0 Å². The van der Waals surface area contributed by atoms with E-state index in [0.717, 1.165) is 22.3 Å². The predicted octanol–water partition coefficient (Wildman–Crippen LogP) is 3.63. The van der Waals surface area contributed by atoms with Gasteiger partial charge in [-0.15, -0.1) is 0 Å². The van der Waals surface area contributed by atoms with Gasteiger partial charge in [-0.1, -0.05) is 35.9 Å². The van der Waals surface area contributed by atoms with Crippen molar-refractivity contribution in [3.8, 4) is 17.0 Å². The normalized spacial score (nSPS) is 13.4. The van der Waals surface area contributed by atoms with Crippen LogP contribution >= 0.6 is 11.6 Å². The molecule has 0 bridgehead atoms. The van der Waals surface area contributed by atoms with Crippen molar-refractivity contribution in [2.45, 2.75) is 33.0 Å². The summed E-state index contributed by atoms with van der Waals surface area (Å²) in [5, 5.41) is 10.2. The zero-order chi connectivity index (χ0) is 20.9. The largest absolute Gasteiger partial charge is 0.493 e. The van der Waals surface area contributed by atoms with Crippen molar-refractivity contribution in [3.63, 3.8) is 0 Å². The summed E-state index contributed by atoms with van der Waals surface area (Å²) in [5.74, 6) is -0.0446. The highest BCUT2D eigenvalue weighted by molar-refractivity contribution is 6.33. The average molecular weight is 412 g/mol. The first-order chi connectivity index (χ1) is 13.8. The molecule has 2 heterocycles. The minimum Gasteiger partial charge on any atom is -0.493 e. The molecule has 0 saturated carbocycles. The lowest BCUT2D eigenvalue weighted by Crippen LogP contribution is -2.30. The predicted molar refractivity (Wildman–Crippen MR) is 112 cm³/mol. The lowest BCUT2D eigenvalue weighted by molar-refractivity contribution is 0.0730. The third-order valence-electron chi connectivity index (χ3n) is 5.41. The molecule has 0 spiro atoms. The third-order valence-corrected chi connectivity index (χ3v) is 5.73. The molecule has 2 aromatic carbocycles. The highest BCUT2D eigenvalue weighted by Crippen LogP contribution is 2.35. The van der Waals surface area contributed by atoms with Crippen LogP contribution in [-0.4, -0.2) is 31.1 Å². The number of halogens is 1. The Morgan fingerprint density at radius 2 is 1.79 bits per heavy atom. The van der Waals surface area contributed by atoms with Gasteiger partial charge in [0.25, 0.3) is 5.91 Å². The van der Waals surface area contributed by atoms with E-state index < -0.39 is 0 Å². The van der Waals surface area contributed by atoms with E-state index in [1.807, 2.05) is 49.1 Å². The summed E-state index contributed by atoms with van der Waals surface area (Å²) in [4.78, 5) is 26.4. The summed E-state index contributed by atoms with van der Waals surface area (Å²) >= 11 is 6.50. The highest BCUT2D eigenvalue weighted by atomic mass is 35.5. The van der Waals surface area contributed by atoms with Gasteiger partial charge in [-0.05, 0) is 42.7 Å². The van der Waals surface area contributed by atoms with Crippen molar-refractivity contribution in [2.24, 2.45) is 7.05 Å². The molecule has 1 amide bonds. The molecule has 7 heteroatoms. The molecule has 0 atom stereocenters. The van der Waals surface area contributed by atoms with Gasteiger partial charge >= 0.3 is 5.69 Å². The number of hydrogen-bond acceptors (Lipinski definition) is 3. The number of hydrogen-bond donors (Lipinski definition) is 1. The second-order valence-electron chi connectivity index (χ2n) is 7.67. The van der Waals surface area contributed by atoms with Crippen LogP contribution in [0.2, 0.25) is 5.02 Å². The molecule has 1 aliphatic rings. The summed E-state index contributed by atoms with van der Waals surface area (Å²) in [7, 11) is 1.53. The lowest BCUT2D eigenvalue weighted by atomic mass is 9.99. The number of amides is 1. The fourth-order valence-corrected chi connectivity index (χ4v) is 3.94. The first-order valence-electron chi connectivity index (χ1n) is 9.44. The summed E-state index contributed by atoms with van der Waals surface area (Å²) in [5.41, 5.74) is 4.14. The Morgan fingerprint density at radius 1 is 1.10 bits per heavy atom. The first-order valence-corrected chi connectivity index (χ1v) is 9.82. The lowest BCUT2D eigenvalue weighted by Gasteiger charge is -2.19. The maximum absolute atomic E-state index is 12.5. The van der Waals surface area contributed by atoms with Crippen LogP contribution in [0.1, 0.15) is 35.3 Å². The number of fused-ring (bicyclic) bond motifs is 1. The Bertz CT molecular complexity index is 1160. The Balaban J connectivity index is 1.62. The molecular formula is C22H22ClN3O3. The van der Waals surface area contributed by atoms with Crippen molar-refractivity contribution in [3.05, 3.63) is 74.8 Å². The van der Waals surface area contributed by atoms with E-state index >= 15 is 0 Å².